The van der Waals surface area contributed by atoms with Crippen LogP contribution in [0.2, 0.25) is 0 Å². The smallest absolute Gasteiger partial charge is 0.258 e. The Bertz CT molecular complexity index is 1030. The van der Waals surface area contributed by atoms with Crippen LogP contribution in [0.3, 0.4) is 0 Å². The van der Waals surface area contributed by atoms with Crippen molar-refractivity contribution in [3.63, 3.8) is 0 Å². The number of amides is 1. The Kier molecular flexibility index (Phi) is 6.69. The quantitative estimate of drug-likeness (QED) is 0.531. The first-order chi connectivity index (χ1) is 13.6. The molecule has 0 aliphatic heterocycles. The summed E-state index contributed by atoms with van der Waals surface area (Å²) in [6.45, 7) is 2.31. The van der Waals surface area contributed by atoms with Gasteiger partial charge in [0.15, 0.2) is 0 Å². The molecular formula is C21H16BrN3O2S. The van der Waals surface area contributed by atoms with Gasteiger partial charge in [0.1, 0.15) is 10.8 Å². The SMILES string of the molecule is CCOc1ccc(C#N)cc1NC(=O)c1cccnc1Sc1ccc(Br)cc1. The fourth-order valence-corrected chi connectivity index (χ4v) is 3.57. The number of carbonyl (C=O) groups excluding carboxylic acids is 1. The molecule has 7 heteroatoms. The molecule has 28 heavy (non-hydrogen) atoms. The second-order valence-corrected chi connectivity index (χ2v) is 7.60. The van der Waals surface area contributed by atoms with E-state index in [1.807, 2.05) is 31.2 Å². The van der Waals surface area contributed by atoms with Gasteiger partial charge in [-0.1, -0.05) is 27.7 Å². The number of hydrogen-bond donors (Lipinski definition) is 1. The van der Waals surface area contributed by atoms with Gasteiger partial charge in [-0.25, -0.2) is 4.98 Å². The molecule has 3 rings (SSSR count). The van der Waals surface area contributed by atoms with E-state index in [2.05, 4.69) is 32.3 Å². The maximum atomic E-state index is 12.9. The maximum absolute atomic E-state index is 12.9. The van der Waals surface area contributed by atoms with Crippen LogP contribution >= 0.6 is 27.7 Å². The van der Waals surface area contributed by atoms with Crippen LogP contribution in [0.4, 0.5) is 5.69 Å². The number of nitriles is 1. The van der Waals surface area contributed by atoms with Crippen LogP contribution in [0.1, 0.15) is 22.8 Å². The summed E-state index contributed by atoms with van der Waals surface area (Å²) in [7, 11) is 0. The Balaban J connectivity index is 1.88. The Hall–Kier alpha value is -2.82. The second kappa shape index (κ2) is 9.40. The number of pyridine rings is 1. The van der Waals surface area contributed by atoms with Crippen molar-refractivity contribution in [3.8, 4) is 11.8 Å². The maximum Gasteiger partial charge on any atom is 0.258 e. The van der Waals surface area contributed by atoms with E-state index in [1.54, 1.807) is 36.5 Å². The highest BCUT2D eigenvalue weighted by Gasteiger charge is 2.16. The number of halogens is 1. The van der Waals surface area contributed by atoms with Gasteiger partial charge < -0.3 is 10.1 Å². The molecule has 0 aliphatic carbocycles. The lowest BCUT2D eigenvalue weighted by atomic mass is 10.2. The molecule has 0 atom stereocenters. The molecule has 0 saturated heterocycles. The van der Waals surface area contributed by atoms with E-state index in [4.69, 9.17) is 10.00 Å². The van der Waals surface area contributed by atoms with Crippen LogP contribution in [-0.4, -0.2) is 17.5 Å². The zero-order chi connectivity index (χ0) is 19.9. The van der Waals surface area contributed by atoms with Gasteiger partial charge in [0.05, 0.1) is 29.5 Å². The third-order valence-corrected chi connectivity index (χ3v) is 5.26. The summed E-state index contributed by atoms with van der Waals surface area (Å²) in [5.74, 6) is 0.199. The number of carbonyl (C=O) groups is 1. The van der Waals surface area contributed by atoms with Crippen molar-refractivity contribution in [2.45, 2.75) is 16.8 Å². The van der Waals surface area contributed by atoms with Crippen LogP contribution in [0.15, 0.2) is 75.2 Å². The number of benzene rings is 2. The minimum absolute atomic E-state index is 0.316. The highest BCUT2D eigenvalue weighted by atomic mass is 79.9. The van der Waals surface area contributed by atoms with Gasteiger partial charge in [-0.3, -0.25) is 4.79 Å². The first-order valence-electron chi connectivity index (χ1n) is 8.47. The van der Waals surface area contributed by atoms with E-state index in [1.165, 1.54) is 11.8 Å². The van der Waals surface area contributed by atoms with Gasteiger partial charge in [-0.05, 0) is 61.5 Å². The lowest BCUT2D eigenvalue weighted by Gasteiger charge is -2.13. The van der Waals surface area contributed by atoms with E-state index in [-0.39, 0.29) is 5.91 Å². The molecule has 0 bridgehead atoms. The predicted molar refractivity (Wildman–Crippen MR) is 113 cm³/mol. The molecule has 0 saturated carbocycles. The van der Waals surface area contributed by atoms with Gasteiger partial charge in [-0.15, -0.1) is 0 Å². The first-order valence-corrected chi connectivity index (χ1v) is 10.1. The molecule has 5 nitrogen and oxygen atoms in total. The van der Waals surface area contributed by atoms with E-state index in [9.17, 15) is 4.79 Å². The number of nitrogens with zero attached hydrogens (tertiary/aromatic N) is 2. The van der Waals surface area contributed by atoms with Crippen molar-refractivity contribution in [1.29, 1.82) is 5.26 Å². The van der Waals surface area contributed by atoms with Crippen molar-refractivity contribution >= 4 is 39.3 Å². The molecule has 1 amide bonds. The Morgan fingerprint density at radius 1 is 1.25 bits per heavy atom. The monoisotopic (exact) mass is 453 g/mol. The molecule has 2 aromatic carbocycles. The number of rotatable bonds is 6. The molecule has 1 aromatic heterocycles. The fourth-order valence-electron chi connectivity index (χ4n) is 2.43. The van der Waals surface area contributed by atoms with Crippen molar-refractivity contribution in [2.75, 3.05) is 11.9 Å². The number of nitrogens with one attached hydrogen (secondary N) is 1. The molecule has 0 fully saturated rings. The number of hydrogen-bond acceptors (Lipinski definition) is 5. The van der Waals surface area contributed by atoms with Crippen LogP contribution in [0.25, 0.3) is 0 Å². The minimum atomic E-state index is -0.316. The highest BCUT2D eigenvalue weighted by molar-refractivity contribution is 9.10. The van der Waals surface area contributed by atoms with E-state index in [0.29, 0.717) is 34.2 Å². The summed E-state index contributed by atoms with van der Waals surface area (Å²) < 4.78 is 6.54. The summed E-state index contributed by atoms with van der Waals surface area (Å²) in [6, 6.07) is 18.2. The predicted octanol–water partition coefficient (Wildman–Crippen LogP) is 5.52. The molecule has 140 valence electrons. The molecule has 1 N–H and O–H groups in total. The molecule has 0 aliphatic rings. The Morgan fingerprint density at radius 2 is 2.04 bits per heavy atom. The van der Waals surface area contributed by atoms with Crippen molar-refractivity contribution in [1.82, 2.24) is 4.98 Å². The van der Waals surface area contributed by atoms with Gasteiger partial charge in [-0.2, -0.15) is 5.26 Å². The number of anilines is 1. The zero-order valence-electron chi connectivity index (χ0n) is 15.0. The van der Waals surface area contributed by atoms with Crippen LogP contribution < -0.4 is 10.1 Å². The van der Waals surface area contributed by atoms with Crippen molar-refractivity contribution < 1.29 is 9.53 Å². The molecular weight excluding hydrogens is 438 g/mol. The van der Waals surface area contributed by atoms with Crippen molar-refractivity contribution in [2.24, 2.45) is 0 Å². The fraction of sp³-hybridized carbons (Fsp3) is 0.0952. The van der Waals surface area contributed by atoms with Gasteiger partial charge in [0.2, 0.25) is 0 Å². The highest BCUT2D eigenvalue weighted by Crippen LogP contribution is 2.31. The standard InChI is InChI=1S/C21H16BrN3O2S/c1-2-27-19-10-5-14(13-23)12-18(19)25-20(26)17-4-3-11-24-21(17)28-16-8-6-15(22)7-9-16/h3-12H,2H2,1H3,(H,25,26). The topological polar surface area (TPSA) is 75.0 Å². The lowest BCUT2D eigenvalue weighted by Crippen LogP contribution is -2.14. The summed E-state index contributed by atoms with van der Waals surface area (Å²) in [4.78, 5) is 18.3. The van der Waals surface area contributed by atoms with Crippen molar-refractivity contribution in [3.05, 3.63) is 76.4 Å². The summed E-state index contributed by atoms with van der Waals surface area (Å²) in [6.07, 6.45) is 1.65. The number of aromatic nitrogens is 1. The molecule has 1 heterocycles. The summed E-state index contributed by atoms with van der Waals surface area (Å²) in [5.41, 5.74) is 1.34. The van der Waals surface area contributed by atoms with Crippen LogP contribution in [-0.2, 0) is 0 Å². The average Bonchev–Trinajstić information content (AvgIpc) is 2.71. The third kappa shape index (κ3) is 4.91. The zero-order valence-corrected chi connectivity index (χ0v) is 17.4. The third-order valence-electron chi connectivity index (χ3n) is 3.70. The largest absolute Gasteiger partial charge is 0.492 e. The molecule has 3 aromatic rings. The van der Waals surface area contributed by atoms with Crippen LogP contribution in [0.5, 0.6) is 5.75 Å². The van der Waals surface area contributed by atoms with Crippen LogP contribution in [0, 0.1) is 11.3 Å². The summed E-state index contributed by atoms with van der Waals surface area (Å²) in [5, 5.41) is 12.6. The Morgan fingerprint density at radius 3 is 2.75 bits per heavy atom. The van der Waals surface area contributed by atoms with E-state index >= 15 is 0 Å². The van der Waals surface area contributed by atoms with E-state index in [0.717, 1.165) is 9.37 Å². The molecule has 0 spiro atoms. The van der Waals surface area contributed by atoms with Gasteiger partial charge in [0.25, 0.3) is 5.91 Å². The van der Waals surface area contributed by atoms with Gasteiger partial charge >= 0.3 is 0 Å². The van der Waals surface area contributed by atoms with Gasteiger partial charge in [0, 0.05) is 15.6 Å². The average molecular weight is 454 g/mol. The molecule has 0 radical (unpaired) electrons. The lowest BCUT2D eigenvalue weighted by molar-refractivity contribution is 0.102. The molecule has 0 unspecified atom stereocenters. The first kappa shape index (κ1) is 19.9. The number of ether oxygens (including phenoxy) is 1. The second-order valence-electron chi connectivity index (χ2n) is 5.62. The minimum Gasteiger partial charge on any atom is -0.492 e. The Labute approximate surface area is 175 Å². The normalized spacial score (nSPS) is 10.2. The summed E-state index contributed by atoms with van der Waals surface area (Å²) >= 11 is 4.82. The van der Waals surface area contributed by atoms with E-state index < -0.39 is 0 Å².